The smallest absolute Gasteiger partial charge is 0.247 e. The number of rotatable bonds is 10. The first-order chi connectivity index (χ1) is 17.9. The maximum atomic E-state index is 14.5. The first-order valence-electron chi connectivity index (χ1n) is 12.4. The Labute approximate surface area is 189 Å². The van der Waals surface area contributed by atoms with Crippen LogP contribution in [-0.4, -0.2) is 36.1 Å². The second-order valence-electron chi connectivity index (χ2n) is 5.80. The highest BCUT2D eigenvalue weighted by Gasteiger charge is 2.09. The van der Waals surface area contributed by atoms with E-state index >= 15 is 0 Å². The van der Waals surface area contributed by atoms with Crippen LogP contribution in [0.1, 0.15) is 9.60 Å². The first-order valence-corrected chi connectivity index (χ1v) is 8.86. The Morgan fingerprint density at radius 1 is 1.23 bits per heavy atom. The molecule has 0 saturated heterocycles. The van der Waals surface area contributed by atoms with E-state index in [-0.39, 0.29) is 30.5 Å². The Morgan fingerprint density at radius 2 is 2.03 bits per heavy atom. The van der Waals surface area contributed by atoms with Crippen molar-refractivity contribution >= 4 is 34.7 Å². The predicted octanol–water partition coefficient (Wildman–Crippen LogP) is 4.25. The van der Waals surface area contributed by atoms with Gasteiger partial charge in [0.25, 0.3) is 0 Å². The van der Waals surface area contributed by atoms with Gasteiger partial charge in [-0.25, -0.2) is 9.37 Å². The molecular formula is C22H22FN5O3. The van der Waals surface area contributed by atoms with E-state index in [1.54, 1.807) is 24.3 Å². The van der Waals surface area contributed by atoms with Crippen LogP contribution in [0.3, 0.4) is 0 Å². The highest BCUT2D eigenvalue weighted by molar-refractivity contribution is 5.99. The number of nitrogens with zero attached hydrogens (tertiary/aromatic N) is 2. The number of amides is 1. The van der Waals surface area contributed by atoms with Gasteiger partial charge in [0, 0.05) is 24.1 Å². The fourth-order valence-corrected chi connectivity index (χ4v) is 2.24. The molecule has 0 radical (unpaired) electrons. The second-order valence-corrected chi connectivity index (χ2v) is 5.80. The molecule has 3 rings (SSSR count). The fourth-order valence-electron chi connectivity index (χ4n) is 2.24. The molecule has 0 bridgehead atoms. The highest BCUT2D eigenvalue weighted by atomic mass is 19.1. The number of anilines is 5. The lowest BCUT2D eigenvalue weighted by Gasteiger charge is -2.11. The van der Waals surface area contributed by atoms with Gasteiger partial charge >= 0.3 is 0 Å². The molecule has 3 aromatic rings. The van der Waals surface area contributed by atoms with E-state index in [0.29, 0.717) is 11.4 Å². The number of ether oxygens (including phenoxy) is 2. The van der Waals surface area contributed by atoms with Gasteiger partial charge in [0.15, 0.2) is 11.6 Å². The SMILES string of the molecule is [2H]c1c([2H])c(NC(=O)C=C)c([2H])c(Nc2nc(Nc3ccc(OCCOC([2H])([2H])[2H])cc3)ncc2F)c1[2H]. The Morgan fingerprint density at radius 3 is 2.81 bits per heavy atom. The number of halogens is 1. The number of carbonyl (C=O) groups is 1. The Bertz CT molecular complexity index is 1340. The van der Waals surface area contributed by atoms with Crippen LogP contribution in [0.15, 0.2) is 67.3 Å². The van der Waals surface area contributed by atoms with Crippen LogP contribution in [0.4, 0.5) is 33.2 Å². The summed E-state index contributed by atoms with van der Waals surface area (Å²) in [5.74, 6) is -1.67. The molecule has 0 unspecified atom stereocenters. The molecular weight excluding hydrogens is 401 g/mol. The van der Waals surface area contributed by atoms with Gasteiger partial charge in [-0.15, -0.1) is 0 Å². The molecule has 0 atom stereocenters. The van der Waals surface area contributed by atoms with Gasteiger partial charge in [0.1, 0.15) is 12.4 Å². The molecule has 1 amide bonds. The van der Waals surface area contributed by atoms with Crippen molar-refractivity contribution in [1.82, 2.24) is 9.97 Å². The van der Waals surface area contributed by atoms with Crippen molar-refractivity contribution in [3.63, 3.8) is 0 Å². The van der Waals surface area contributed by atoms with E-state index in [4.69, 9.17) is 14.3 Å². The lowest BCUT2D eigenvalue weighted by molar-refractivity contribution is -0.111. The molecule has 0 aliphatic carbocycles. The molecule has 0 saturated carbocycles. The zero-order valence-electron chi connectivity index (χ0n) is 23.1. The molecule has 0 spiro atoms. The lowest BCUT2D eigenvalue weighted by atomic mass is 10.2. The monoisotopic (exact) mass is 430 g/mol. The van der Waals surface area contributed by atoms with Crippen molar-refractivity contribution in [3.8, 4) is 5.75 Å². The second kappa shape index (κ2) is 10.7. The van der Waals surface area contributed by atoms with E-state index in [2.05, 4.69) is 37.2 Å². The number of carbonyl (C=O) groups excluding carboxylic acids is 1. The van der Waals surface area contributed by atoms with Gasteiger partial charge < -0.3 is 25.4 Å². The highest BCUT2D eigenvalue weighted by Crippen LogP contribution is 2.23. The normalized spacial score (nSPS) is 13.9. The van der Waals surface area contributed by atoms with E-state index in [0.717, 1.165) is 12.3 Å². The van der Waals surface area contributed by atoms with Crippen molar-refractivity contribution in [3.05, 3.63) is 73.1 Å². The van der Waals surface area contributed by atoms with Crippen molar-refractivity contribution < 1.29 is 28.3 Å². The van der Waals surface area contributed by atoms with Crippen LogP contribution in [0, 0.1) is 5.82 Å². The van der Waals surface area contributed by atoms with E-state index < -0.39 is 48.7 Å². The molecule has 9 heteroatoms. The standard InChI is InChI=1S/C22H22FN5O3/c1-3-20(29)25-16-5-4-6-17(13-16)26-21-19(23)14-24-22(28-21)27-15-7-9-18(10-8-15)31-12-11-30-2/h3-10,13-14H,1,11-12H2,2H3,(H,25,29)(H2,24,26,27,28)/i2D3,4D,5D,6D,13D. The molecule has 1 heterocycles. The molecule has 2 aromatic carbocycles. The van der Waals surface area contributed by atoms with Crippen LogP contribution in [0.5, 0.6) is 5.75 Å². The van der Waals surface area contributed by atoms with Crippen LogP contribution < -0.4 is 20.7 Å². The van der Waals surface area contributed by atoms with Crippen LogP contribution in [-0.2, 0) is 9.53 Å². The number of hydrogen-bond donors (Lipinski definition) is 3. The van der Waals surface area contributed by atoms with E-state index in [1.165, 1.54) is 0 Å². The maximum absolute atomic E-state index is 14.5. The van der Waals surface area contributed by atoms with Gasteiger partial charge in [0.2, 0.25) is 11.9 Å². The third kappa shape index (κ3) is 6.51. The number of benzene rings is 2. The summed E-state index contributed by atoms with van der Waals surface area (Å²) in [6.07, 6.45) is 1.77. The number of methoxy groups -OCH3 is 1. The summed E-state index contributed by atoms with van der Waals surface area (Å²) in [6, 6.07) is 4.18. The topological polar surface area (TPSA) is 97.4 Å². The molecule has 31 heavy (non-hydrogen) atoms. The largest absolute Gasteiger partial charge is 0.491 e. The lowest BCUT2D eigenvalue weighted by Crippen LogP contribution is -2.07. The molecule has 0 aliphatic heterocycles. The Kier molecular flexibility index (Phi) is 4.87. The van der Waals surface area contributed by atoms with Crippen LogP contribution in [0.2, 0.25) is 0 Å². The summed E-state index contributed by atoms with van der Waals surface area (Å²) >= 11 is 0. The number of aromatic nitrogens is 2. The summed E-state index contributed by atoms with van der Waals surface area (Å²) < 4.78 is 77.8. The molecule has 8 nitrogen and oxygen atoms in total. The Balaban J connectivity index is 1.77. The minimum atomic E-state index is -2.50. The predicted molar refractivity (Wildman–Crippen MR) is 118 cm³/mol. The van der Waals surface area contributed by atoms with Crippen molar-refractivity contribution in [2.45, 2.75) is 0 Å². The van der Waals surface area contributed by atoms with Crippen molar-refractivity contribution in [1.29, 1.82) is 0 Å². The molecule has 0 aliphatic rings. The number of nitrogens with one attached hydrogen (secondary N) is 3. The minimum Gasteiger partial charge on any atom is -0.491 e. The third-order valence-electron chi connectivity index (χ3n) is 3.61. The average Bonchev–Trinajstić information content (AvgIpc) is 2.87. The van der Waals surface area contributed by atoms with Crippen molar-refractivity contribution in [2.75, 3.05) is 36.2 Å². The van der Waals surface area contributed by atoms with Crippen molar-refractivity contribution in [2.24, 2.45) is 0 Å². The molecule has 160 valence electrons. The van der Waals surface area contributed by atoms with Gasteiger partial charge in [-0.1, -0.05) is 12.6 Å². The molecule has 0 fully saturated rings. The summed E-state index contributed by atoms with van der Waals surface area (Å²) in [5.41, 5.74) is -0.200. The zero-order valence-corrected chi connectivity index (χ0v) is 16.1. The quantitative estimate of drug-likeness (QED) is 0.327. The van der Waals surface area contributed by atoms with Crippen LogP contribution >= 0.6 is 0 Å². The van der Waals surface area contributed by atoms with Gasteiger partial charge in [-0.2, -0.15) is 4.98 Å². The summed E-state index contributed by atoms with van der Waals surface area (Å²) in [7, 11) is -2.50. The summed E-state index contributed by atoms with van der Waals surface area (Å²) in [5, 5.41) is 7.60. The summed E-state index contributed by atoms with van der Waals surface area (Å²) in [4.78, 5) is 19.6. The zero-order chi connectivity index (χ0) is 28.0. The van der Waals surface area contributed by atoms with Gasteiger partial charge in [0.05, 0.1) is 22.4 Å². The molecule has 1 aromatic heterocycles. The van der Waals surface area contributed by atoms with E-state index in [9.17, 15) is 9.18 Å². The minimum absolute atomic E-state index is 0.0253. The summed E-state index contributed by atoms with van der Waals surface area (Å²) in [6.45, 7) is 3.20. The van der Waals surface area contributed by atoms with E-state index in [1.807, 2.05) is 0 Å². The molecule has 3 N–H and O–H groups in total. The van der Waals surface area contributed by atoms with Crippen LogP contribution in [0.25, 0.3) is 0 Å². The third-order valence-corrected chi connectivity index (χ3v) is 3.61. The first kappa shape index (κ1) is 14.1. The average molecular weight is 430 g/mol. The van der Waals surface area contributed by atoms with Gasteiger partial charge in [-0.3, -0.25) is 4.79 Å². The Hall–Kier alpha value is -3.98. The number of hydrogen-bond acceptors (Lipinski definition) is 7. The van der Waals surface area contributed by atoms with Gasteiger partial charge in [-0.05, 0) is 48.5 Å². The maximum Gasteiger partial charge on any atom is 0.247 e. The fraction of sp³-hybridized carbons (Fsp3) is 0.136.